The van der Waals surface area contributed by atoms with Gasteiger partial charge < -0.3 is 9.47 Å². The lowest BCUT2D eigenvalue weighted by Gasteiger charge is -2.33. The lowest BCUT2D eigenvalue weighted by atomic mass is 9.96. The highest BCUT2D eigenvalue weighted by Gasteiger charge is 2.36. The summed E-state index contributed by atoms with van der Waals surface area (Å²) < 4.78 is 11.0. The molecular formula is C9H12O2. The van der Waals surface area contributed by atoms with Crippen LogP contribution < -0.4 is 0 Å². The lowest BCUT2D eigenvalue weighted by molar-refractivity contribution is -0.0702. The summed E-state index contributed by atoms with van der Waals surface area (Å²) in [5.41, 5.74) is -0.252. The van der Waals surface area contributed by atoms with Gasteiger partial charge in [0, 0.05) is 0 Å². The van der Waals surface area contributed by atoms with Crippen molar-refractivity contribution in [1.82, 2.24) is 0 Å². The molecule has 0 aromatic heterocycles. The van der Waals surface area contributed by atoms with Gasteiger partial charge in [0.25, 0.3) is 0 Å². The zero-order valence-corrected chi connectivity index (χ0v) is 6.62. The second-order valence-corrected chi connectivity index (χ2v) is 2.94. The Kier molecular flexibility index (Phi) is 1.59. The first-order valence-electron chi connectivity index (χ1n) is 3.94. The van der Waals surface area contributed by atoms with E-state index in [1.165, 1.54) is 0 Å². The summed E-state index contributed by atoms with van der Waals surface area (Å²) in [5, 5.41) is 0. The standard InChI is InChI=1S/C9H12O2/c1-8-9(4-2-6-10-8)5-3-7-11-9/h2-5,8H,6-7H2,1H3/t8-,9+/m1/s1. The van der Waals surface area contributed by atoms with Gasteiger partial charge in [0.1, 0.15) is 5.60 Å². The van der Waals surface area contributed by atoms with Crippen LogP contribution in [-0.2, 0) is 9.47 Å². The first-order chi connectivity index (χ1) is 5.33. The maximum atomic E-state index is 5.57. The van der Waals surface area contributed by atoms with Crippen molar-refractivity contribution in [2.45, 2.75) is 18.6 Å². The van der Waals surface area contributed by atoms with Gasteiger partial charge in [0.05, 0.1) is 19.3 Å². The molecule has 0 saturated carbocycles. The number of ether oxygens (including phenoxy) is 2. The van der Waals surface area contributed by atoms with E-state index in [9.17, 15) is 0 Å². The third kappa shape index (κ3) is 1.03. The molecule has 0 aliphatic carbocycles. The van der Waals surface area contributed by atoms with E-state index in [2.05, 4.69) is 12.2 Å². The Morgan fingerprint density at radius 1 is 1.27 bits per heavy atom. The fraction of sp³-hybridized carbons (Fsp3) is 0.556. The normalized spacial score (nSPS) is 42.1. The summed E-state index contributed by atoms with van der Waals surface area (Å²) >= 11 is 0. The van der Waals surface area contributed by atoms with Crippen LogP contribution >= 0.6 is 0 Å². The summed E-state index contributed by atoms with van der Waals surface area (Å²) in [6.07, 6.45) is 8.36. The van der Waals surface area contributed by atoms with Crippen LogP contribution in [0.4, 0.5) is 0 Å². The monoisotopic (exact) mass is 152 g/mol. The minimum absolute atomic E-state index is 0.145. The molecule has 0 bridgehead atoms. The maximum Gasteiger partial charge on any atom is 0.131 e. The molecule has 2 aliphatic heterocycles. The van der Waals surface area contributed by atoms with E-state index in [1.807, 2.05) is 19.1 Å². The zero-order chi connectivity index (χ0) is 7.73. The van der Waals surface area contributed by atoms with Gasteiger partial charge in [-0.2, -0.15) is 0 Å². The summed E-state index contributed by atoms with van der Waals surface area (Å²) in [6, 6.07) is 0. The van der Waals surface area contributed by atoms with Gasteiger partial charge in [0.2, 0.25) is 0 Å². The van der Waals surface area contributed by atoms with E-state index >= 15 is 0 Å². The molecule has 0 saturated heterocycles. The fourth-order valence-corrected chi connectivity index (χ4v) is 1.53. The summed E-state index contributed by atoms with van der Waals surface area (Å²) in [4.78, 5) is 0. The van der Waals surface area contributed by atoms with Crippen LogP contribution in [-0.4, -0.2) is 24.9 Å². The van der Waals surface area contributed by atoms with Gasteiger partial charge in [-0.3, -0.25) is 0 Å². The molecule has 2 heteroatoms. The Morgan fingerprint density at radius 3 is 2.64 bits per heavy atom. The highest BCUT2D eigenvalue weighted by Crippen LogP contribution is 2.29. The molecule has 2 rings (SSSR count). The molecule has 0 unspecified atom stereocenters. The van der Waals surface area contributed by atoms with Crippen molar-refractivity contribution in [3.05, 3.63) is 24.3 Å². The second-order valence-electron chi connectivity index (χ2n) is 2.94. The van der Waals surface area contributed by atoms with Crippen LogP contribution in [0.1, 0.15) is 6.92 Å². The van der Waals surface area contributed by atoms with Crippen molar-refractivity contribution < 1.29 is 9.47 Å². The quantitative estimate of drug-likeness (QED) is 0.487. The molecule has 60 valence electrons. The third-order valence-corrected chi connectivity index (χ3v) is 2.26. The first kappa shape index (κ1) is 7.07. The topological polar surface area (TPSA) is 18.5 Å². The number of hydrogen-bond acceptors (Lipinski definition) is 2. The average Bonchev–Trinajstić information content (AvgIpc) is 2.46. The predicted octanol–water partition coefficient (Wildman–Crippen LogP) is 1.29. The van der Waals surface area contributed by atoms with Crippen molar-refractivity contribution >= 4 is 0 Å². The van der Waals surface area contributed by atoms with Gasteiger partial charge >= 0.3 is 0 Å². The van der Waals surface area contributed by atoms with Crippen LogP contribution in [0, 0.1) is 0 Å². The Labute approximate surface area is 66.5 Å². The summed E-state index contributed by atoms with van der Waals surface area (Å²) in [5.74, 6) is 0. The van der Waals surface area contributed by atoms with Crippen molar-refractivity contribution in [2.24, 2.45) is 0 Å². The second kappa shape index (κ2) is 2.47. The van der Waals surface area contributed by atoms with E-state index in [4.69, 9.17) is 9.47 Å². The number of hydrogen-bond donors (Lipinski definition) is 0. The molecule has 2 aliphatic rings. The summed E-state index contributed by atoms with van der Waals surface area (Å²) in [7, 11) is 0. The van der Waals surface area contributed by atoms with Gasteiger partial charge in [-0.15, -0.1) is 0 Å². The Morgan fingerprint density at radius 2 is 2.00 bits per heavy atom. The Bertz CT molecular complexity index is 208. The van der Waals surface area contributed by atoms with Gasteiger partial charge in [0.15, 0.2) is 0 Å². The molecule has 0 fully saturated rings. The molecule has 2 nitrogen and oxygen atoms in total. The highest BCUT2D eigenvalue weighted by atomic mass is 16.6. The maximum absolute atomic E-state index is 5.57. The van der Waals surface area contributed by atoms with Crippen LogP contribution in [0.25, 0.3) is 0 Å². The molecule has 2 heterocycles. The van der Waals surface area contributed by atoms with Crippen molar-refractivity contribution in [3.8, 4) is 0 Å². The van der Waals surface area contributed by atoms with Crippen LogP contribution in [0.5, 0.6) is 0 Å². The SMILES string of the molecule is C[C@H]1OCC=C[C@]12C=CCO2. The molecule has 0 radical (unpaired) electrons. The average molecular weight is 152 g/mol. The van der Waals surface area contributed by atoms with Crippen LogP contribution in [0.3, 0.4) is 0 Å². The Balaban J connectivity index is 2.27. The van der Waals surface area contributed by atoms with Crippen molar-refractivity contribution in [3.63, 3.8) is 0 Å². The molecule has 11 heavy (non-hydrogen) atoms. The van der Waals surface area contributed by atoms with Gasteiger partial charge in [-0.1, -0.05) is 12.2 Å². The van der Waals surface area contributed by atoms with E-state index in [0.29, 0.717) is 13.2 Å². The first-order valence-corrected chi connectivity index (χ1v) is 3.94. The van der Waals surface area contributed by atoms with Gasteiger partial charge in [-0.05, 0) is 19.1 Å². The molecule has 2 atom stereocenters. The number of rotatable bonds is 0. The highest BCUT2D eigenvalue weighted by molar-refractivity contribution is 5.23. The van der Waals surface area contributed by atoms with E-state index in [-0.39, 0.29) is 11.7 Å². The third-order valence-electron chi connectivity index (χ3n) is 2.26. The van der Waals surface area contributed by atoms with E-state index in [1.54, 1.807) is 0 Å². The van der Waals surface area contributed by atoms with Crippen LogP contribution in [0.15, 0.2) is 24.3 Å². The smallest absolute Gasteiger partial charge is 0.131 e. The Hall–Kier alpha value is -0.600. The van der Waals surface area contributed by atoms with Crippen molar-refractivity contribution in [1.29, 1.82) is 0 Å². The predicted molar refractivity (Wildman–Crippen MR) is 42.4 cm³/mol. The van der Waals surface area contributed by atoms with E-state index in [0.717, 1.165) is 0 Å². The lowest BCUT2D eigenvalue weighted by Crippen LogP contribution is -2.41. The minimum atomic E-state index is -0.252. The minimum Gasteiger partial charge on any atom is -0.371 e. The summed E-state index contributed by atoms with van der Waals surface area (Å²) in [6.45, 7) is 3.46. The fourth-order valence-electron chi connectivity index (χ4n) is 1.53. The van der Waals surface area contributed by atoms with E-state index < -0.39 is 0 Å². The van der Waals surface area contributed by atoms with Gasteiger partial charge in [-0.25, -0.2) is 0 Å². The van der Waals surface area contributed by atoms with Crippen LogP contribution in [0.2, 0.25) is 0 Å². The zero-order valence-electron chi connectivity index (χ0n) is 6.62. The molecule has 1 spiro atoms. The largest absolute Gasteiger partial charge is 0.371 e. The van der Waals surface area contributed by atoms with Crippen molar-refractivity contribution in [2.75, 3.05) is 13.2 Å². The molecule has 0 N–H and O–H groups in total. The molecule has 0 aromatic carbocycles. The molecule has 0 amide bonds. The molecular weight excluding hydrogens is 140 g/mol. The molecule has 0 aromatic rings.